The summed E-state index contributed by atoms with van der Waals surface area (Å²) in [7, 11) is 3.08. The molecule has 1 unspecified atom stereocenters. The number of aryl methyl sites for hydroxylation is 1. The number of amides is 2. The van der Waals surface area contributed by atoms with Gasteiger partial charge in [-0.3, -0.25) is 14.3 Å². The van der Waals surface area contributed by atoms with Gasteiger partial charge < -0.3 is 19.7 Å². The zero-order chi connectivity index (χ0) is 18.7. The van der Waals surface area contributed by atoms with E-state index in [0.717, 1.165) is 6.54 Å². The second-order valence-electron chi connectivity index (χ2n) is 6.02. The van der Waals surface area contributed by atoms with Gasteiger partial charge in [-0.15, -0.1) is 0 Å². The maximum Gasteiger partial charge on any atom is 0.229 e. The van der Waals surface area contributed by atoms with Crippen LogP contribution in [0.5, 0.6) is 11.5 Å². The Morgan fingerprint density at radius 3 is 2.81 bits per heavy atom. The van der Waals surface area contributed by atoms with Gasteiger partial charge in [0.1, 0.15) is 11.5 Å². The van der Waals surface area contributed by atoms with Crippen LogP contribution in [0.25, 0.3) is 0 Å². The summed E-state index contributed by atoms with van der Waals surface area (Å²) in [5.74, 6) is 0.388. The van der Waals surface area contributed by atoms with Crippen molar-refractivity contribution in [1.29, 1.82) is 0 Å². The largest absolute Gasteiger partial charge is 0.497 e. The Hall–Kier alpha value is -3.03. The van der Waals surface area contributed by atoms with Crippen molar-refractivity contribution >= 4 is 23.2 Å². The second kappa shape index (κ2) is 7.47. The van der Waals surface area contributed by atoms with Crippen molar-refractivity contribution in [3.63, 3.8) is 0 Å². The number of ether oxygens (including phenoxy) is 2. The molecule has 0 bridgehead atoms. The van der Waals surface area contributed by atoms with Crippen molar-refractivity contribution in [3.8, 4) is 11.5 Å². The van der Waals surface area contributed by atoms with E-state index < -0.39 is 5.92 Å². The topological polar surface area (TPSA) is 85.7 Å². The summed E-state index contributed by atoms with van der Waals surface area (Å²) < 4.78 is 12.2. The molecule has 3 rings (SSSR count). The number of nitrogens with one attached hydrogen (secondary N) is 1. The number of hydrogen-bond donors (Lipinski definition) is 1. The van der Waals surface area contributed by atoms with Gasteiger partial charge in [0.25, 0.3) is 0 Å². The number of aromatic nitrogens is 2. The molecule has 1 aliphatic heterocycles. The van der Waals surface area contributed by atoms with Crippen LogP contribution >= 0.6 is 0 Å². The molecule has 0 spiro atoms. The van der Waals surface area contributed by atoms with E-state index in [4.69, 9.17) is 9.47 Å². The van der Waals surface area contributed by atoms with E-state index in [1.165, 1.54) is 7.11 Å². The zero-order valence-corrected chi connectivity index (χ0v) is 15.1. The third-order valence-corrected chi connectivity index (χ3v) is 4.42. The lowest BCUT2D eigenvalue weighted by Crippen LogP contribution is -2.28. The number of carbonyl (C=O) groups excluding carboxylic acids is 2. The Balaban J connectivity index is 1.72. The fraction of sp³-hybridized carbons (Fsp3) is 0.389. The van der Waals surface area contributed by atoms with Crippen molar-refractivity contribution in [1.82, 2.24) is 9.78 Å². The molecule has 8 heteroatoms. The lowest BCUT2D eigenvalue weighted by atomic mass is 10.1. The number of anilines is 2. The highest BCUT2D eigenvalue weighted by atomic mass is 16.5. The Morgan fingerprint density at radius 2 is 2.15 bits per heavy atom. The molecule has 1 aliphatic rings. The number of benzene rings is 1. The van der Waals surface area contributed by atoms with Crippen LogP contribution in [0.15, 0.2) is 30.6 Å². The highest BCUT2D eigenvalue weighted by Crippen LogP contribution is 2.31. The summed E-state index contributed by atoms with van der Waals surface area (Å²) in [6.07, 6.45) is 3.62. The van der Waals surface area contributed by atoms with E-state index in [-0.39, 0.29) is 18.2 Å². The first kappa shape index (κ1) is 17.8. The van der Waals surface area contributed by atoms with E-state index in [2.05, 4.69) is 10.4 Å². The standard InChI is InChI=1S/C18H22N4O4/c1-4-21-11-13(9-19-21)22-10-12(7-17(22)23)18(24)20-15-8-14(25-2)5-6-16(15)26-3/h5-6,8-9,11-12H,4,7,10H2,1-3H3,(H,20,24). The van der Waals surface area contributed by atoms with Crippen LogP contribution < -0.4 is 19.7 Å². The molecule has 8 nitrogen and oxygen atoms in total. The Bertz CT molecular complexity index is 817. The highest BCUT2D eigenvalue weighted by Gasteiger charge is 2.36. The third kappa shape index (κ3) is 3.49. The summed E-state index contributed by atoms with van der Waals surface area (Å²) in [5.41, 5.74) is 1.23. The van der Waals surface area contributed by atoms with Gasteiger partial charge in [0.15, 0.2) is 0 Å². The van der Waals surface area contributed by atoms with E-state index in [0.29, 0.717) is 29.4 Å². The molecule has 2 heterocycles. The van der Waals surface area contributed by atoms with Gasteiger partial charge in [-0.2, -0.15) is 5.10 Å². The summed E-state index contributed by atoms with van der Waals surface area (Å²) in [4.78, 5) is 26.6. The van der Waals surface area contributed by atoms with Crippen LogP contribution in [0.2, 0.25) is 0 Å². The lowest BCUT2D eigenvalue weighted by molar-refractivity contribution is -0.122. The minimum Gasteiger partial charge on any atom is -0.497 e. The quantitative estimate of drug-likeness (QED) is 0.853. The van der Waals surface area contributed by atoms with Crippen LogP contribution in [0, 0.1) is 5.92 Å². The molecular weight excluding hydrogens is 336 g/mol. The molecular formula is C18H22N4O4. The SMILES string of the molecule is CCn1cc(N2CC(C(=O)Nc3cc(OC)ccc3OC)CC2=O)cn1. The molecule has 1 atom stereocenters. The molecule has 0 saturated carbocycles. The summed E-state index contributed by atoms with van der Waals surface area (Å²) in [6.45, 7) is 3.02. The molecule has 0 aliphatic carbocycles. The van der Waals surface area contributed by atoms with Crippen LogP contribution in [0.4, 0.5) is 11.4 Å². The minimum atomic E-state index is -0.441. The minimum absolute atomic E-state index is 0.0848. The number of carbonyl (C=O) groups is 2. The van der Waals surface area contributed by atoms with Crippen LogP contribution in [-0.2, 0) is 16.1 Å². The van der Waals surface area contributed by atoms with Crippen LogP contribution in [0.1, 0.15) is 13.3 Å². The van der Waals surface area contributed by atoms with Crippen LogP contribution in [-0.4, -0.2) is 42.4 Å². The number of rotatable bonds is 6. The van der Waals surface area contributed by atoms with Gasteiger partial charge in [0.05, 0.1) is 37.7 Å². The van der Waals surface area contributed by atoms with E-state index >= 15 is 0 Å². The molecule has 2 aromatic rings. The third-order valence-electron chi connectivity index (χ3n) is 4.42. The maximum atomic E-state index is 12.7. The molecule has 26 heavy (non-hydrogen) atoms. The molecule has 1 saturated heterocycles. The van der Waals surface area contributed by atoms with Gasteiger partial charge in [-0.25, -0.2) is 0 Å². The Kier molecular flexibility index (Phi) is 5.11. The van der Waals surface area contributed by atoms with Crippen molar-refractivity contribution in [2.75, 3.05) is 31.0 Å². The van der Waals surface area contributed by atoms with Gasteiger partial charge in [-0.05, 0) is 19.1 Å². The fourth-order valence-corrected chi connectivity index (χ4v) is 2.94. The van der Waals surface area contributed by atoms with Crippen molar-refractivity contribution < 1.29 is 19.1 Å². The lowest BCUT2D eigenvalue weighted by Gasteiger charge is -2.15. The van der Waals surface area contributed by atoms with Crippen LogP contribution in [0.3, 0.4) is 0 Å². The van der Waals surface area contributed by atoms with Crippen molar-refractivity contribution in [3.05, 3.63) is 30.6 Å². The summed E-state index contributed by atoms with van der Waals surface area (Å²) in [5, 5.41) is 7.03. The normalized spacial score (nSPS) is 16.7. The number of nitrogens with zero attached hydrogens (tertiary/aromatic N) is 3. The average Bonchev–Trinajstić information content (AvgIpc) is 3.27. The van der Waals surface area contributed by atoms with Gasteiger partial charge in [-0.1, -0.05) is 0 Å². The molecule has 138 valence electrons. The molecule has 1 fully saturated rings. The Labute approximate surface area is 151 Å². The average molecular weight is 358 g/mol. The molecule has 1 N–H and O–H groups in total. The number of hydrogen-bond acceptors (Lipinski definition) is 5. The van der Waals surface area contributed by atoms with Gasteiger partial charge in [0, 0.05) is 31.8 Å². The molecule has 1 aromatic carbocycles. The smallest absolute Gasteiger partial charge is 0.229 e. The first-order chi connectivity index (χ1) is 12.5. The van der Waals surface area contributed by atoms with Gasteiger partial charge in [0.2, 0.25) is 11.8 Å². The predicted octanol–water partition coefficient (Wildman–Crippen LogP) is 1.91. The van der Waals surface area contributed by atoms with Crippen molar-refractivity contribution in [2.45, 2.75) is 19.9 Å². The zero-order valence-electron chi connectivity index (χ0n) is 15.1. The van der Waals surface area contributed by atoms with E-state index in [9.17, 15) is 9.59 Å². The van der Waals surface area contributed by atoms with E-state index in [1.54, 1.807) is 41.1 Å². The first-order valence-electron chi connectivity index (χ1n) is 8.41. The Morgan fingerprint density at radius 1 is 1.35 bits per heavy atom. The molecule has 0 radical (unpaired) electrons. The summed E-state index contributed by atoms with van der Waals surface area (Å²) >= 11 is 0. The number of methoxy groups -OCH3 is 2. The summed E-state index contributed by atoms with van der Waals surface area (Å²) in [6, 6.07) is 5.16. The first-order valence-corrected chi connectivity index (χ1v) is 8.41. The van der Waals surface area contributed by atoms with E-state index in [1.807, 2.05) is 13.1 Å². The second-order valence-corrected chi connectivity index (χ2v) is 6.02. The molecule has 2 amide bonds. The predicted molar refractivity (Wildman–Crippen MR) is 96.5 cm³/mol. The maximum absolute atomic E-state index is 12.7. The molecule has 1 aromatic heterocycles. The fourth-order valence-electron chi connectivity index (χ4n) is 2.94. The highest BCUT2D eigenvalue weighted by molar-refractivity contribution is 6.03. The van der Waals surface area contributed by atoms with Gasteiger partial charge >= 0.3 is 0 Å². The monoisotopic (exact) mass is 358 g/mol. The van der Waals surface area contributed by atoms with Crippen molar-refractivity contribution in [2.24, 2.45) is 5.92 Å².